The second kappa shape index (κ2) is 5.25. The molecule has 0 spiro atoms. The maximum Gasteiger partial charge on any atom is 0.414 e. The summed E-state index contributed by atoms with van der Waals surface area (Å²) in [6.07, 6.45) is -22.0. The van der Waals surface area contributed by atoms with Gasteiger partial charge in [0.15, 0.2) is 11.7 Å². The van der Waals surface area contributed by atoms with Crippen LogP contribution in [-0.2, 0) is 4.79 Å². The summed E-state index contributed by atoms with van der Waals surface area (Å²) in [6, 6.07) is 0. The highest BCUT2D eigenvalue weighted by molar-refractivity contribution is 6.09. The van der Waals surface area contributed by atoms with Gasteiger partial charge in [0.1, 0.15) is 0 Å². The summed E-state index contributed by atoms with van der Waals surface area (Å²) >= 11 is 0. The maximum atomic E-state index is 14.2. The van der Waals surface area contributed by atoms with Crippen LogP contribution in [0.3, 0.4) is 0 Å². The largest absolute Gasteiger partial charge is 0.414 e. The second-order valence-corrected chi connectivity index (χ2v) is 5.21. The molecule has 0 saturated heterocycles. The summed E-state index contributed by atoms with van der Waals surface area (Å²) in [6.45, 7) is 0. The lowest BCUT2D eigenvalue weighted by Crippen LogP contribution is -2.62. The lowest BCUT2D eigenvalue weighted by atomic mass is 9.75. The average Bonchev–Trinajstić information content (AvgIpc) is 2.66. The van der Waals surface area contributed by atoms with Crippen LogP contribution >= 0.6 is 0 Å². The predicted octanol–water partition coefficient (Wildman–Crippen LogP) is 5.56. The first-order valence-electron chi connectivity index (χ1n) is 6.10. The molecule has 1 nitrogen and oxygen atoms in total. The zero-order chi connectivity index (χ0) is 21.5. The number of Topliss-reactive ketones (excluding diaryl/α,β-unsaturated/α-hetero) is 1. The highest BCUT2D eigenvalue weighted by Gasteiger charge is 2.91. The predicted molar refractivity (Wildman–Crippen MR) is 55.0 cm³/mol. The minimum Gasteiger partial charge on any atom is -0.283 e. The molecule has 0 aromatic carbocycles. The Hall–Kier alpha value is -2.09. The summed E-state index contributed by atoms with van der Waals surface area (Å²) < 4.78 is 186. The van der Waals surface area contributed by atoms with Gasteiger partial charge in [-0.05, 0) is 0 Å². The molecule has 0 aliphatic heterocycles. The van der Waals surface area contributed by atoms with E-state index in [0.717, 1.165) is 0 Å². The summed E-state index contributed by atoms with van der Waals surface area (Å²) in [4.78, 5) is 10.9. The number of hydrogen-bond acceptors (Lipinski definition) is 1. The number of fused-ring (bicyclic) bond motifs is 1. The van der Waals surface area contributed by atoms with Gasteiger partial charge < -0.3 is 0 Å². The van der Waals surface area contributed by atoms with Crippen LogP contribution < -0.4 is 0 Å². The smallest absolute Gasteiger partial charge is 0.283 e. The molecule has 0 saturated carbocycles. The molecule has 0 radical (unpaired) electrons. The van der Waals surface area contributed by atoms with Crippen LogP contribution in [0.5, 0.6) is 0 Å². The first-order chi connectivity index (χ1) is 11.8. The number of rotatable bonds is 0. The van der Waals surface area contributed by atoms with E-state index < -0.39 is 69.8 Å². The van der Waals surface area contributed by atoms with E-state index in [0.29, 0.717) is 0 Å². The molecule has 0 bridgehead atoms. The number of allylic oxidation sites excluding steroid dienone is 6. The number of carbonyl (C=O) groups is 1. The van der Waals surface area contributed by atoms with Gasteiger partial charge in [0, 0.05) is 5.57 Å². The maximum absolute atomic E-state index is 14.2. The van der Waals surface area contributed by atoms with Gasteiger partial charge in [-0.25, -0.2) is 8.78 Å². The van der Waals surface area contributed by atoms with Crippen molar-refractivity contribution in [2.45, 2.75) is 24.5 Å². The molecule has 0 atom stereocenters. The van der Waals surface area contributed by atoms with E-state index in [-0.39, 0.29) is 0 Å². The van der Waals surface area contributed by atoms with Crippen LogP contribution in [-0.4, -0.2) is 30.2 Å². The van der Waals surface area contributed by atoms with Crippen molar-refractivity contribution in [3.05, 3.63) is 34.2 Å². The minimum absolute atomic E-state index is 3.06. The molecule has 0 aromatic heterocycles. The lowest BCUT2D eigenvalue weighted by molar-refractivity contribution is -0.380. The molecule has 0 N–H and O–H groups in total. The average molecular weight is 426 g/mol. The summed E-state index contributed by atoms with van der Waals surface area (Å²) in [5, 5.41) is 0. The third-order valence-corrected chi connectivity index (χ3v) is 3.82. The third kappa shape index (κ3) is 2.28. The van der Waals surface area contributed by atoms with Gasteiger partial charge in [-0.3, -0.25) is 4.79 Å². The molecule has 27 heavy (non-hydrogen) atoms. The highest BCUT2D eigenvalue weighted by atomic mass is 19.4. The number of alkyl halides is 11. The first-order valence-corrected chi connectivity index (χ1v) is 6.10. The molecule has 0 unspecified atom stereocenters. The van der Waals surface area contributed by atoms with E-state index in [9.17, 15) is 66.3 Å². The Labute approximate surface area is 137 Å². The molecule has 15 heteroatoms. The van der Waals surface area contributed by atoms with Gasteiger partial charge >= 0.3 is 24.5 Å². The molecule has 0 amide bonds. The van der Waals surface area contributed by atoms with Crippen LogP contribution in [0.15, 0.2) is 34.2 Å². The van der Waals surface area contributed by atoms with Crippen molar-refractivity contribution in [1.29, 1.82) is 0 Å². The zero-order valence-electron chi connectivity index (χ0n) is 11.7. The summed E-state index contributed by atoms with van der Waals surface area (Å²) in [5.41, 5.74) is -18.3. The van der Waals surface area contributed by atoms with Crippen LogP contribution in [0.25, 0.3) is 0 Å². The minimum atomic E-state index is -7.52. The van der Waals surface area contributed by atoms with Gasteiger partial charge in [-0.2, -0.15) is 52.7 Å². The molecule has 2 rings (SSSR count). The van der Waals surface area contributed by atoms with Gasteiger partial charge in [0.05, 0.1) is 11.1 Å². The van der Waals surface area contributed by atoms with Gasteiger partial charge in [-0.15, -0.1) is 0 Å². The van der Waals surface area contributed by atoms with Gasteiger partial charge in [0.2, 0.25) is 5.83 Å². The molecular formula is C12F14O. The standard InChI is InChI=1S/C12F14O/c13-3-1-2(4(14)6(27)5(3)15)9(16,17)8(11(21,22)23,12(24,25)26)7(1)10(18,19)20. The third-order valence-electron chi connectivity index (χ3n) is 3.82. The van der Waals surface area contributed by atoms with Crippen molar-refractivity contribution in [3.8, 4) is 0 Å². The molecule has 2 aliphatic carbocycles. The van der Waals surface area contributed by atoms with Crippen molar-refractivity contribution < 1.29 is 66.3 Å². The van der Waals surface area contributed by atoms with Crippen molar-refractivity contribution in [3.63, 3.8) is 0 Å². The lowest BCUT2D eigenvalue weighted by Gasteiger charge is -2.40. The fourth-order valence-corrected chi connectivity index (χ4v) is 2.85. The van der Waals surface area contributed by atoms with Gasteiger partial charge in [-0.1, -0.05) is 0 Å². The van der Waals surface area contributed by atoms with E-state index >= 15 is 0 Å². The van der Waals surface area contributed by atoms with E-state index in [1.54, 1.807) is 0 Å². The fourth-order valence-electron chi connectivity index (χ4n) is 2.85. The van der Waals surface area contributed by atoms with Crippen molar-refractivity contribution in [2.24, 2.45) is 5.41 Å². The van der Waals surface area contributed by atoms with E-state index in [2.05, 4.69) is 0 Å². The van der Waals surface area contributed by atoms with Crippen LogP contribution in [0.2, 0.25) is 0 Å². The van der Waals surface area contributed by atoms with E-state index in [4.69, 9.17) is 0 Å². The van der Waals surface area contributed by atoms with E-state index in [1.165, 1.54) is 0 Å². The van der Waals surface area contributed by atoms with Crippen molar-refractivity contribution in [2.75, 3.05) is 0 Å². The molecule has 0 heterocycles. The number of ketones is 1. The first kappa shape index (κ1) is 21.2. The van der Waals surface area contributed by atoms with E-state index in [1.807, 2.05) is 0 Å². The molecule has 0 aromatic rings. The number of carbonyl (C=O) groups excluding carboxylic acids is 1. The van der Waals surface area contributed by atoms with Crippen LogP contribution in [0, 0.1) is 5.41 Å². The fraction of sp³-hybridized carbons (Fsp3) is 0.417. The molecular weight excluding hydrogens is 426 g/mol. The number of hydrogen-bond donors (Lipinski definition) is 0. The Morgan fingerprint density at radius 2 is 1.07 bits per heavy atom. The number of halogens is 14. The van der Waals surface area contributed by atoms with Crippen LogP contribution in [0.1, 0.15) is 0 Å². The Balaban J connectivity index is 3.27. The summed E-state index contributed by atoms with van der Waals surface area (Å²) in [7, 11) is 0. The topological polar surface area (TPSA) is 17.1 Å². The van der Waals surface area contributed by atoms with Gasteiger partial charge in [0.25, 0.3) is 11.2 Å². The molecule has 0 fully saturated rings. The highest BCUT2D eigenvalue weighted by Crippen LogP contribution is 2.74. The zero-order valence-corrected chi connectivity index (χ0v) is 11.7. The van der Waals surface area contributed by atoms with Crippen molar-refractivity contribution in [1.82, 2.24) is 0 Å². The Morgan fingerprint density at radius 3 is 1.41 bits per heavy atom. The van der Waals surface area contributed by atoms with Crippen molar-refractivity contribution >= 4 is 5.78 Å². The Bertz CT molecular complexity index is 799. The second-order valence-electron chi connectivity index (χ2n) is 5.21. The Morgan fingerprint density at radius 1 is 0.667 bits per heavy atom. The molecule has 152 valence electrons. The summed E-state index contributed by atoms with van der Waals surface area (Å²) in [5.74, 6) is -20.0. The van der Waals surface area contributed by atoms with Crippen LogP contribution in [0.4, 0.5) is 61.5 Å². The quantitative estimate of drug-likeness (QED) is 0.464. The monoisotopic (exact) mass is 426 g/mol. The normalized spacial score (nSPS) is 23.4. The molecule has 2 aliphatic rings. The Kier molecular flexibility index (Phi) is 4.12. The SMILES string of the molecule is O=C1C(F)=C(F)C2=C(C(F)(F)F)C(C(F)(F)F)(C(F)(F)F)C(F)(F)C2=C1F.